The summed E-state index contributed by atoms with van der Waals surface area (Å²) in [5.74, 6) is -0.582. The first kappa shape index (κ1) is 18.8. The van der Waals surface area contributed by atoms with Crippen molar-refractivity contribution in [1.82, 2.24) is 9.78 Å². The van der Waals surface area contributed by atoms with Crippen molar-refractivity contribution in [2.24, 2.45) is 0 Å². The summed E-state index contributed by atoms with van der Waals surface area (Å²) < 4.78 is 12.9. The predicted octanol–water partition coefficient (Wildman–Crippen LogP) is 3.89. The van der Waals surface area contributed by atoms with E-state index in [-0.39, 0.29) is 6.10 Å². The molecule has 1 N–H and O–H groups in total. The number of ether oxygens (including phenoxy) is 2. The van der Waals surface area contributed by atoms with Gasteiger partial charge < -0.3 is 14.6 Å². The van der Waals surface area contributed by atoms with E-state index in [0.29, 0.717) is 41.4 Å². The summed E-state index contributed by atoms with van der Waals surface area (Å²) in [5.41, 5.74) is 1.43. The number of hydrogen-bond donors (Lipinski definition) is 1. The highest BCUT2D eigenvalue weighted by molar-refractivity contribution is 6.35. The highest BCUT2D eigenvalue weighted by Crippen LogP contribution is 2.24. The molecule has 1 saturated heterocycles. The van der Waals surface area contributed by atoms with Crippen molar-refractivity contribution in [2.45, 2.75) is 25.5 Å². The van der Waals surface area contributed by atoms with E-state index >= 15 is 0 Å². The van der Waals surface area contributed by atoms with Crippen LogP contribution in [0.1, 0.15) is 24.1 Å². The van der Waals surface area contributed by atoms with E-state index in [2.05, 4.69) is 5.10 Å². The molecule has 1 aromatic carbocycles. The van der Waals surface area contributed by atoms with E-state index < -0.39 is 5.97 Å². The van der Waals surface area contributed by atoms with Crippen LogP contribution in [0.15, 0.2) is 30.3 Å². The standard InChI is InChI=1S/C18H18Cl2N2O4/c19-13-2-1-12(16(20)9-13)11-22-14(3-4-18(23)24)10-17(21-22)26-15-5-7-25-8-6-15/h1-4,9-10,15H,5-8,11H2,(H,23,24)/b4-3+. The molecule has 1 aliphatic heterocycles. The third-order valence-corrected chi connectivity index (χ3v) is 4.56. The number of rotatable bonds is 6. The molecule has 1 fully saturated rings. The van der Waals surface area contributed by atoms with E-state index in [4.69, 9.17) is 37.8 Å². The van der Waals surface area contributed by atoms with E-state index in [0.717, 1.165) is 24.5 Å². The minimum Gasteiger partial charge on any atom is -0.478 e. The van der Waals surface area contributed by atoms with Gasteiger partial charge in [0.15, 0.2) is 0 Å². The molecule has 0 atom stereocenters. The number of nitrogens with zero attached hydrogens (tertiary/aromatic N) is 2. The van der Waals surface area contributed by atoms with Gasteiger partial charge in [-0.25, -0.2) is 4.79 Å². The Balaban J connectivity index is 1.84. The summed E-state index contributed by atoms with van der Waals surface area (Å²) in [6, 6.07) is 6.95. The van der Waals surface area contributed by atoms with Crippen LogP contribution in [0.4, 0.5) is 0 Å². The van der Waals surface area contributed by atoms with Crippen LogP contribution in [0, 0.1) is 0 Å². The van der Waals surface area contributed by atoms with Crippen LogP contribution >= 0.6 is 23.2 Å². The zero-order chi connectivity index (χ0) is 18.5. The fraction of sp³-hybridized carbons (Fsp3) is 0.333. The molecule has 6 nitrogen and oxygen atoms in total. The SMILES string of the molecule is O=C(O)/C=C/c1cc(OC2CCOCC2)nn1Cc1ccc(Cl)cc1Cl. The second-order valence-corrected chi connectivity index (χ2v) is 6.75. The average molecular weight is 397 g/mol. The summed E-state index contributed by atoms with van der Waals surface area (Å²) in [7, 11) is 0. The monoisotopic (exact) mass is 396 g/mol. The van der Waals surface area contributed by atoms with Crippen molar-refractivity contribution in [1.29, 1.82) is 0 Å². The Morgan fingerprint density at radius 3 is 2.81 bits per heavy atom. The number of carbonyl (C=O) groups is 1. The smallest absolute Gasteiger partial charge is 0.328 e. The lowest BCUT2D eigenvalue weighted by atomic mass is 10.2. The number of carboxylic acid groups (broad SMARTS) is 1. The molecule has 0 unspecified atom stereocenters. The van der Waals surface area contributed by atoms with Gasteiger partial charge in [0.2, 0.25) is 5.88 Å². The van der Waals surface area contributed by atoms with Gasteiger partial charge in [-0.05, 0) is 23.8 Å². The predicted molar refractivity (Wildman–Crippen MR) is 98.9 cm³/mol. The number of halogens is 2. The zero-order valence-corrected chi connectivity index (χ0v) is 15.4. The summed E-state index contributed by atoms with van der Waals surface area (Å²) in [6.07, 6.45) is 4.19. The number of benzene rings is 1. The third-order valence-electron chi connectivity index (χ3n) is 3.98. The highest BCUT2D eigenvalue weighted by Gasteiger charge is 2.18. The van der Waals surface area contributed by atoms with Gasteiger partial charge in [0.1, 0.15) is 6.10 Å². The Bertz CT molecular complexity index is 814. The second-order valence-electron chi connectivity index (χ2n) is 5.90. The lowest BCUT2D eigenvalue weighted by molar-refractivity contribution is -0.131. The van der Waals surface area contributed by atoms with Crippen molar-refractivity contribution < 1.29 is 19.4 Å². The number of aliphatic carboxylic acids is 1. The van der Waals surface area contributed by atoms with Gasteiger partial charge in [-0.15, -0.1) is 5.10 Å². The lowest BCUT2D eigenvalue weighted by Gasteiger charge is -2.21. The first-order valence-corrected chi connectivity index (χ1v) is 8.94. The molecule has 3 rings (SSSR count). The Labute approximate surface area is 160 Å². The van der Waals surface area contributed by atoms with Gasteiger partial charge in [-0.3, -0.25) is 4.68 Å². The second kappa shape index (κ2) is 8.58. The zero-order valence-electron chi connectivity index (χ0n) is 13.9. The van der Waals surface area contributed by atoms with Gasteiger partial charge in [0.25, 0.3) is 0 Å². The Morgan fingerprint density at radius 2 is 2.12 bits per heavy atom. The molecule has 8 heteroatoms. The van der Waals surface area contributed by atoms with Gasteiger partial charge in [0.05, 0.1) is 25.5 Å². The van der Waals surface area contributed by atoms with Crippen molar-refractivity contribution in [3.63, 3.8) is 0 Å². The summed E-state index contributed by atoms with van der Waals surface area (Å²) in [5, 5.41) is 14.4. The fourth-order valence-electron chi connectivity index (χ4n) is 2.66. The molecule has 0 saturated carbocycles. The van der Waals surface area contributed by atoms with Crippen LogP contribution < -0.4 is 4.74 Å². The molecule has 138 valence electrons. The highest BCUT2D eigenvalue weighted by atomic mass is 35.5. The van der Waals surface area contributed by atoms with Crippen LogP contribution in [0.2, 0.25) is 10.0 Å². The van der Waals surface area contributed by atoms with E-state index in [1.807, 2.05) is 6.07 Å². The maximum Gasteiger partial charge on any atom is 0.328 e. The van der Waals surface area contributed by atoms with Crippen molar-refractivity contribution in [3.8, 4) is 5.88 Å². The molecule has 2 heterocycles. The van der Waals surface area contributed by atoms with Gasteiger partial charge in [-0.2, -0.15) is 0 Å². The van der Waals surface area contributed by atoms with Crippen molar-refractivity contribution in [3.05, 3.63) is 51.6 Å². The molecule has 2 aromatic rings. The maximum absolute atomic E-state index is 10.9. The first-order valence-electron chi connectivity index (χ1n) is 8.18. The van der Waals surface area contributed by atoms with Crippen LogP contribution in [-0.4, -0.2) is 40.2 Å². The summed E-state index contributed by atoms with van der Waals surface area (Å²) in [4.78, 5) is 10.9. The Morgan fingerprint density at radius 1 is 1.35 bits per heavy atom. The molecule has 0 bridgehead atoms. The Kier molecular flexibility index (Phi) is 6.19. The van der Waals surface area contributed by atoms with Gasteiger partial charge in [-0.1, -0.05) is 29.3 Å². The quantitative estimate of drug-likeness (QED) is 0.749. The van der Waals surface area contributed by atoms with Crippen LogP contribution in [-0.2, 0) is 16.1 Å². The lowest BCUT2D eigenvalue weighted by Crippen LogP contribution is -2.26. The third kappa shape index (κ3) is 5.00. The number of hydrogen-bond acceptors (Lipinski definition) is 4. The molecule has 0 aliphatic carbocycles. The average Bonchev–Trinajstić information content (AvgIpc) is 2.98. The van der Waals surface area contributed by atoms with E-state index in [1.54, 1.807) is 22.9 Å². The van der Waals surface area contributed by atoms with Crippen molar-refractivity contribution in [2.75, 3.05) is 13.2 Å². The topological polar surface area (TPSA) is 73.6 Å². The summed E-state index contributed by atoms with van der Waals surface area (Å²) in [6.45, 7) is 1.70. The normalized spacial score (nSPS) is 15.5. The fourth-order valence-corrected chi connectivity index (χ4v) is 3.13. The molecular weight excluding hydrogens is 379 g/mol. The van der Waals surface area contributed by atoms with E-state index in [1.165, 1.54) is 6.08 Å². The van der Waals surface area contributed by atoms with E-state index in [9.17, 15) is 4.79 Å². The molecule has 0 amide bonds. The maximum atomic E-state index is 10.9. The minimum absolute atomic E-state index is 0.0440. The van der Waals surface area contributed by atoms with Crippen LogP contribution in [0.25, 0.3) is 6.08 Å². The molecule has 1 aliphatic rings. The van der Waals surface area contributed by atoms with Gasteiger partial charge >= 0.3 is 5.97 Å². The van der Waals surface area contributed by atoms with Crippen molar-refractivity contribution >= 4 is 35.2 Å². The molecular formula is C18H18Cl2N2O4. The largest absolute Gasteiger partial charge is 0.478 e. The molecule has 1 aromatic heterocycles. The van der Waals surface area contributed by atoms with Gasteiger partial charge in [0, 0.05) is 35.0 Å². The first-order chi connectivity index (χ1) is 12.5. The molecule has 0 radical (unpaired) electrons. The molecule has 26 heavy (non-hydrogen) atoms. The molecule has 0 spiro atoms. The summed E-state index contributed by atoms with van der Waals surface area (Å²) >= 11 is 12.2. The number of aromatic nitrogens is 2. The number of carboxylic acids is 1. The van der Waals surface area contributed by atoms with Crippen LogP contribution in [0.5, 0.6) is 5.88 Å². The Hall–Kier alpha value is -2.02. The van der Waals surface area contributed by atoms with Crippen LogP contribution in [0.3, 0.4) is 0 Å². The minimum atomic E-state index is -1.03.